The number of nitrogens with one attached hydrogen (secondary N) is 1. The van der Waals surface area contributed by atoms with Crippen LogP contribution >= 0.6 is 0 Å². The van der Waals surface area contributed by atoms with Crippen molar-refractivity contribution in [3.8, 4) is 0 Å². The highest BCUT2D eigenvalue weighted by molar-refractivity contribution is 5.87. The van der Waals surface area contributed by atoms with E-state index in [1.54, 1.807) is 0 Å². The SMILES string of the molecule is Cc1ccc(C(C)(C)C(=O)NCCCCC(=O)O)cc1. The normalized spacial score (nSPS) is 11.2. The molecular formula is C16H23NO3. The van der Waals surface area contributed by atoms with Crippen molar-refractivity contribution in [3.63, 3.8) is 0 Å². The number of rotatable bonds is 7. The lowest BCUT2D eigenvalue weighted by Crippen LogP contribution is -2.40. The third kappa shape index (κ3) is 4.68. The summed E-state index contributed by atoms with van der Waals surface area (Å²) in [6, 6.07) is 7.94. The van der Waals surface area contributed by atoms with Crippen LogP contribution in [0.5, 0.6) is 0 Å². The minimum atomic E-state index is -0.795. The number of aliphatic carboxylic acids is 1. The summed E-state index contributed by atoms with van der Waals surface area (Å²) in [7, 11) is 0. The van der Waals surface area contributed by atoms with E-state index in [0.29, 0.717) is 19.4 Å². The number of carboxylic acids is 1. The monoisotopic (exact) mass is 277 g/mol. The first kappa shape index (κ1) is 16.2. The predicted octanol–water partition coefficient (Wildman–Crippen LogP) is 2.64. The van der Waals surface area contributed by atoms with Crippen LogP contribution in [-0.4, -0.2) is 23.5 Å². The lowest BCUT2D eigenvalue weighted by atomic mass is 9.83. The van der Waals surface area contributed by atoms with Crippen molar-refractivity contribution in [3.05, 3.63) is 35.4 Å². The fourth-order valence-electron chi connectivity index (χ4n) is 1.93. The summed E-state index contributed by atoms with van der Waals surface area (Å²) < 4.78 is 0. The van der Waals surface area contributed by atoms with Crippen molar-refractivity contribution in [2.24, 2.45) is 0 Å². The smallest absolute Gasteiger partial charge is 0.303 e. The Morgan fingerprint density at radius 1 is 1.15 bits per heavy atom. The Morgan fingerprint density at radius 3 is 2.30 bits per heavy atom. The Morgan fingerprint density at radius 2 is 1.75 bits per heavy atom. The van der Waals surface area contributed by atoms with E-state index >= 15 is 0 Å². The van der Waals surface area contributed by atoms with Crippen LogP contribution in [0.4, 0.5) is 0 Å². The first-order chi connectivity index (χ1) is 9.34. The van der Waals surface area contributed by atoms with E-state index in [4.69, 9.17) is 5.11 Å². The molecule has 2 N–H and O–H groups in total. The quantitative estimate of drug-likeness (QED) is 0.753. The van der Waals surface area contributed by atoms with Crippen LogP contribution in [0.15, 0.2) is 24.3 Å². The van der Waals surface area contributed by atoms with Crippen molar-refractivity contribution in [1.82, 2.24) is 5.32 Å². The highest BCUT2D eigenvalue weighted by atomic mass is 16.4. The minimum absolute atomic E-state index is 0.0309. The van der Waals surface area contributed by atoms with Crippen LogP contribution in [0.3, 0.4) is 0 Å². The molecule has 0 saturated heterocycles. The number of hydrogen-bond acceptors (Lipinski definition) is 2. The zero-order valence-corrected chi connectivity index (χ0v) is 12.4. The standard InChI is InChI=1S/C16H23NO3/c1-12-7-9-13(10-8-12)16(2,3)15(20)17-11-5-4-6-14(18)19/h7-10H,4-6,11H2,1-3H3,(H,17,20)(H,18,19). The number of carbonyl (C=O) groups excluding carboxylic acids is 1. The largest absolute Gasteiger partial charge is 0.481 e. The van der Waals surface area contributed by atoms with Gasteiger partial charge in [0.25, 0.3) is 0 Å². The lowest BCUT2D eigenvalue weighted by Gasteiger charge is -2.24. The molecule has 1 amide bonds. The third-order valence-electron chi connectivity index (χ3n) is 3.44. The lowest BCUT2D eigenvalue weighted by molar-refractivity contribution is -0.137. The van der Waals surface area contributed by atoms with Gasteiger partial charge in [-0.25, -0.2) is 0 Å². The van der Waals surface area contributed by atoms with Crippen molar-refractivity contribution in [2.45, 2.75) is 45.4 Å². The zero-order chi connectivity index (χ0) is 15.2. The average Bonchev–Trinajstić information content (AvgIpc) is 2.38. The first-order valence-corrected chi connectivity index (χ1v) is 6.91. The maximum Gasteiger partial charge on any atom is 0.303 e. The fraction of sp³-hybridized carbons (Fsp3) is 0.500. The molecule has 4 nitrogen and oxygen atoms in total. The Kier molecular flexibility index (Phi) is 5.74. The number of hydrogen-bond donors (Lipinski definition) is 2. The molecule has 1 aromatic rings. The summed E-state index contributed by atoms with van der Waals surface area (Å²) >= 11 is 0. The summed E-state index contributed by atoms with van der Waals surface area (Å²) in [6.07, 6.45) is 1.42. The van der Waals surface area contributed by atoms with Crippen LogP contribution in [0.1, 0.15) is 44.2 Å². The average molecular weight is 277 g/mol. The van der Waals surface area contributed by atoms with Crippen molar-refractivity contribution in [1.29, 1.82) is 0 Å². The fourth-order valence-corrected chi connectivity index (χ4v) is 1.93. The number of carbonyl (C=O) groups is 2. The number of unbranched alkanes of at least 4 members (excludes halogenated alkanes) is 1. The van der Waals surface area contributed by atoms with E-state index in [1.807, 2.05) is 45.0 Å². The maximum absolute atomic E-state index is 12.2. The van der Waals surface area contributed by atoms with Gasteiger partial charge in [0, 0.05) is 13.0 Å². The Bertz CT molecular complexity index is 463. The molecule has 0 aliphatic heterocycles. The molecule has 0 saturated carbocycles. The third-order valence-corrected chi connectivity index (χ3v) is 3.44. The molecule has 0 bridgehead atoms. The number of carboxylic acid groups (broad SMARTS) is 1. The van der Waals surface area contributed by atoms with Crippen LogP contribution in [0.25, 0.3) is 0 Å². The topological polar surface area (TPSA) is 66.4 Å². The van der Waals surface area contributed by atoms with Gasteiger partial charge in [-0.05, 0) is 39.2 Å². The summed E-state index contributed by atoms with van der Waals surface area (Å²) in [6.45, 7) is 6.31. The first-order valence-electron chi connectivity index (χ1n) is 6.91. The molecule has 0 aliphatic carbocycles. The second kappa shape index (κ2) is 7.08. The predicted molar refractivity (Wildman–Crippen MR) is 78.7 cm³/mol. The van der Waals surface area contributed by atoms with Crippen molar-refractivity contribution < 1.29 is 14.7 Å². The second-order valence-corrected chi connectivity index (χ2v) is 5.60. The highest BCUT2D eigenvalue weighted by Gasteiger charge is 2.29. The molecule has 0 aromatic heterocycles. The minimum Gasteiger partial charge on any atom is -0.481 e. The molecular weight excluding hydrogens is 254 g/mol. The molecule has 1 rings (SSSR count). The van der Waals surface area contributed by atoms with Crippen LogP contribution in [0, 0.1) is 6.92 Å². The van der Waals surface area contributed by atoms with E-state index in [0.717, 1.165) is 5.56 Å². The van der Waals surface area contributed by atoms with Gasteiger partial charge in [0.1, 0.15) is 0 Å². The Balaban J connectivity index is 2.48. The van der Waals surface area contributed by atoms with Gasteiger partial charge < -0.3 is 10.4 Å². The molecule has 0 atom stereocenters. The Labute approximate surface area is 120 Å². The highest BCUT2D eigenvalue weighted by Crippen LogP contribution is 2.23. The summed E-state index contributed by atoms with van der Waals surface area (Å²) in [5, 5.41) is 11.4. The van der Waals surface area contributed by atoms with Gasteiger partial charge in [-0.2, -0.15) is 0 Å². The molecule has 0 heterocycles. The zero-order valence-electron chi connectivity index (χ0n) is 12.4. The molecule has 0 spiro atoms. The summed E-state index contributed by atoms with van der Waals surface area (Å²) in [4.78, 5) is 22.6. The number of amides is 1. The molecule has 20 heavy (non-hydrogen) atoms. The molecule has 0 radical (unpaired) electrons. The molecule has 4 heteroatoms. The molecule has 1 aromatic carbocycles. The van der Waals surface area contributed by atoms with Gasteiger partial charge in [0.2, 0.25) is 5.91 Å². The molecule has 110 valence electrons. The van der Waals surface area contributed by atoms with E-state index in [-0.39, 0.29) is 12.3 Å². The van der Waals surface area contributed by atoms with Gasteiger partial charge in [0.15, 0.2) is 0 Å². The van der Waals surface area contributed by atoms with Gasteiger partial charge in [-0.15, -0.1) is 0 Å². The maximum atomic E-state index is 12.2. The van der Waals surface area contributed by atoms with Crippen molar-refractivity contribution in [2.75, 3.05) is 6.54 Å². The molecule has 0 aliphatic rings. The second-order valence-electron chi connectivity index (χ2n) is 5.60. The van der Waals surface area contributed by atoms with E-state index in [2.05, 4.69) is 5.32 Å². The molecule has 0 unspecified atom stereocenters. The van der Waals surface area contributed by atoms with Crippen LogP contribution < -0.4 is 5.32 Å². The van der Waals surface area contributed by atoms with Gasteiger partial charge >= 0.3 is 5.97 Å². The molecule has 0 fully saturated rings. The van der Waals surface area contributed by atoms with E-state index in [1.165, 1.54) is 5.56 Å². The van der Waals surface area contributed by atoms with E-state index < -0.39 is 11.4 Å². The number of aryl methyl sites for hydroxylation is 1. The summed E-state index contributed by atoms with van der Waals surface area (Å²) in [5.41, 5.74) is 1.56. The van der Waals surface area contributed by atoms with E-state index in [9.17, 15) is 9.59 Å². The van der Waals surface area contributed by atoms with Crippen LogP contribution in [0.2, 0.25) is 0 Å². The van der Waals surface area contributed by atoms with Gasteiger partial charge in [0.05, 0.1) is 5.41 Å². The Hall–Kier alpha value is -1.84. The number of benzene rings is 1. The van der Waals surface area contributed by atoms with Crippen LogP contribution in [-0.2, 0) is 15.0 Å². The van der Waals surface area contributed by atoms with Crippen molar-refractivity contribution >= 4 is 11.9 Å². The van der Waals surface area contributed by atoms with Gasteiger partial charge in [-0.1, -0.05) is 29.8 Å². The summed E-state index contributed by atoms with van der Waals surface area (Å²) in [5.74, 6) is -0.826. The van der Waals surface area contributed by atoms with Gasteiger partial charge in [-0.3, -0.25) is 9.59 Å².